The van der Waals surface area contributed by atoms with E-state index in [1.54, 1.807) is 0 Å². The molecular formula is C14H19N3O2. The Morgan fingerprint density at radius 2 is 2.16 bits per heavy atom. The first-order chi connectivity index (χ1) is 9.15. The van der Waals surface area contributed by atoms with Crippen molar-refractivity contribution >= 4 is 11.8 Å². The molecule has 0 saturated carbocycles. The quantitative estimate of drug-likeness (QED) is 0.695. The summed E-state index contributed by atoms with van der Waals surface area (Å²) < 4.78 is 0. The van der Waals surface area contributed by atoms with Gasteiger partial charge in [0.2, 0.25) is 11.8 Å². The molecule has 1 aliphatic rings. The van der Waals surface area contributed by atoms with Crippen LogP contribution in [0.15, 0.2) is 30.3 Å². The molecule has 0 spiro atoms. The van der Waals surface area contributed by atoms with E-state index in [1.807, 2.05) is 30.3 Å². The predicted octanol–water partition coefficient (Wildman–Crippen LogP) is -0.0488. The van der Waals surface area contributed by atoms with Crippen LogP contribution in [-0.2, 0) is 16.0 Å². The summed E-state index contributed by atoms with van der Waals surface area (Å²) in [7, 11) is 0. The van der Waals surface area contributed by atoms with Gasteiger partial charge in [-0.3, -0.25) is 9.59 Å². The second-order valence-corrected chi connectivity index (χ2v) is 4.84. The molecule has 5 nitrogen and oxygen atoms in total. The van der Waals surface area contributed by atoms with Gasteiger partial charge in [0.15, 0.2) is 0 Å². The third kappa shape index (κ3) is 4.06. The summed E-state index contributed by atoms with van der Waals surface area (Å²) in [5, 5.41) is 5.59. The Morgan fingerprint density at radius 3 is 2.79 bits per heavy atom. The highest BCUT2D eigenvalue weighted by molar-refractivity contribution is 5.82. The number of benzene rings is 1. The van der Waals surface area contributed by atoms with Crippen molar-refractivity contribution in [2.75, 3.05) is 6.54 Å². The first-order valence-electron chi connectivity index (χ1n) is 6.52. The molecule has 0 aromatic heterocycles. The van der Waals surface area contributed by atoms with E-state index in [9.17, 15) is 9.59 Å². The van der Waals surface area contributed by atoms with Gasteiger partial charge in [0.1, 0.15) is 0 Å². The molecule has 0 bridgehead atoms. The molecule has 1 heterocycles. The molecule has 4 N–H and O–H groups in total. The van der Waals surface area contributed by atoms with E-state index >= 15 is 0 Å². The summed E-state index contributed by atoms with van der Waals surface area (Å²) in [5.41, 5.74) is 6.90. The predicted molar refractivity (Wildman–Crippen MR) is 72.3 cm³/mol. The first-order valence-corrected chi connectivity index (χ1v) is 6.52. The summed E-state index contributed by atoms with van der Waals surface area (Å²) >= 11 is 0. The van der Waals surface area contributed by atoms with Crippen LogP contribution < -0.4 is 16.4 Å². The van der Waals surface area contributed by atoms with Gasteiger partial charge in [-0.05, 0) is 18.4 Å². The Balaban J connectivity index is 1.75. The maximum atomic E-state index is 11.8. The third-order valence-corrected chi connectivity index (χ3v) is 3.24. The average Bonchev–Trinajstić information content (AvgIpc) is 2.83. The Hall–Kier alpha value is -1.88. The lowest BCUT2D eigenvalue weighted by Crippen LogP contribution is -2.46. The van der Waals surface area contributed by atoms with E-state index < -0.39 is 6.04 Å². The topological polar surface area (TPSA) is 84.2 Å². The lowest BCUT2D eigenvalue weighted by atomic mass is 10.1. The highest BCUT2D eigenvalue weighted by Crippen LogP contribution is 2.05. The molecule has 102 valence electrons. The highest BCUT2D eigenvalue weighted by Gasteiger charge is 2.22. The number of nitrogens with two attached hydrogens (primary N) is 1. The van der Waals surface area contributed by atoms with Gasteiger partial charge in [-0.15, -0.1) is 0 Å². The number of carbonyl (C=O) groups is 2. The van der Waals surface area contributed by atoms with E-state index in [4.69, 9.17) is 5.73 Å². The fourth-order valence-electron chi connectivity index (χ4n) is 2.15. The molecule has 2 rings (SSSR count). The average molecular weight is 261 g/mol. The molecule has 1 aromatic rings. The Bertz CT molecular complexity index is 447. The minimum absolute atomic E-state index is 0.0420. The van der Waals surface area contributed by atoms with Crippen molar-refractivity contribution in [3.05, 3.63) is 35.9 Å². The molecule has 19 heavy (non-hydrogen) atoms. The second-order valence-electron chi connectivity index (χ2n) is 4.84. The maximum absolute atomic E-state index is 11.8. The summed E-state index contributed by atoms with van der Waals surface area (Å²) in [6.45, 7) is 0.451. The van der Waals surface area contributed by atoms with Gasteiger partial charge in [-0.1, -0.05) is 30.3 Å². The van der Waals surface area contributed by atoms with Crippen molar-refractivity contribution in [3.8, 4) is 0 Å². The van der Waals surface area contributed by atoms with Crippen LogP contribution in [0.2, 0.25) is 0 Å². The largest absolute Gasteiger partial charge is 0.353 e. The summed E-state index contributed by atoms with van der Waals surface area (Å²) in [6, 6.07) is 9.16. The smallest absolute Gasteiger partial charge is 0.237 e. The Kier molecular flexibility index (Phi) is 4.52. The fourth-order valence-corrected chi connectivity index (χ4v) is 2.15. The first kappa shape index (κ1) is 13.5. The zero-order valence-electron chi connectivity index (χ0n) is 10.8. The monoisotopic (exact) mass is 261 g/mol. The lowest BCUT2D eigenvalue weighted by Gasteiger charge is -2.15. The Morgan fingerprint density at radius 1 is 1.42 bits per heavy atom. The van der Waals surface area contributed by atoms with E-state index in [2.05, 4.69) is 10.6 Å². The second kappa shape index (κ2) is 6.33. The van der Waals surface area contributed by atoms with Gasteiger partial charge in [-0.25, -0.2) is 0 Å². The standard InChI is InChI=1S/C14H19N3O2/c15-12(8-10-4-2-1-3-5-10)14(19)16-9-11-6-7-13(18)17-11/h1-5,11-12H,6-9,15H2,(H,16,19)(H,17,18). The number of hydrogen-bond acceptors (Lipinski definition) is 3. The van der Waals surface area contributed by atoms with Crippen molar-refractivity contribution in [1.82, 2.24) is 10.6 Å². The summed E-state index contributed by atoms with van der Waals surface area (Å²) in [4.78, 5) is 22.9. The third-order valence-electron chi connectivity index (χ3n) is 3.24. The Labute approximate surface area is 112 Å². The highest BCUT2D eigenvalue weighted by atomic mass is 16.2. The van der Waals surface area contributed by atoms with E-state index in [0.717, 1.165) is 12.0 Å². The van der Waals surface area contributed by atoms with Crippen LogP contribution in [0.1, 0.15) is 18.4 Å². The molecule has 1 aliphatic heterocycles. The van der Waals surface area contributed by atoms with Crippen LogP contribution in [-0.4, -0.2) is 30.4 Å². The van der Waals surface area contributed by atoms with Gasteiger partial charge in [0, 0.05) is 19.0 Å². The molecule has 1 fully saturated rings. The number of nitrogens with one attached hydrogen (secondary N) is 2. The molecular weight excluding hydrogens is 242 g/mol. The molecule has 1 saturated heterocycles. The number of carbonyl (C=O) groups excluding carboxylic acids is 2. The molecule has 0 radical (unpaired) electrons. The van der Waals surface area contributed by atoms with Gasteiger partial charge >= 0.3 is 0 Å². The minimum Gasteiger partial charge on any atom is -0.353 e. The van der Waals surface area contributed by atoms with Crippen LogP contribution in [0.25, 0.3) is 0 Å². The van der Waals surface area contributed by atoms with Gasteiger partial charge in [0.25, 0.3) is 0 Å². The van der Waals surface area contributed by atoms with Crippen molar-refractivity contribution in [2.24, 2.45) is 5.73 Å². The normalized spacial score (nSPS) is 19.8. The van der Waals surface area contributed by atoms with Crippen LogP contribution in [0.4, 0.5) is 0 Å². The van der Waals surface area contributed by atoms with Crippen molar-refractivity contribution < 1.29 is 9.59 Å². The number of amides is 2. The summed E-state index contributed by atoms with van der Waals surface area (Å²) in [6.07, 6.45) is 1.83. The van der Waals surface area contributed by atoms with Crippen LogP contribution in [0, 0.1) is 0 Å². The van der Waals surface area contributed by atoms with Crippen molar-refractivity contribution in [2.45, 2.75) is 31.3 Å². The molecule has 1 aromatic carbocycles. The minimum atomic E-state index is -0.556. The zero-order valence-corrected chi connectivity index (χ0v) is 10.8. The van der Waals surface area contributed by atoms with E-state index in [-0.39, 0.29) is 17.9 Å². The van der Waals surface area contributed by atoms with Crippen molar-refractivity contribution in [1.29, 1.82) is 0 Å². The van der Waals surface area contributed by atoms with Gasteiger partial charge in [-0.2, -0.15) is 0 Å². The van der Waals surface area contributed by atoms with E-state index in [0.29, 0.717) is 19.4 Å². The summed E-state index contributed by atoms with van der Waals surface area (Å²) in [5.74, 6) is -0.127. The maximum Gasteiger partial charge on any atom is 0.237 e. The fraction of sp³-hybridized carbons (Fsp3) is 0.429. The van der Waals surface area contributed by atoms with Crippen LogP contribution >= 0.6 is 0 Å². The lowest BCUT2D eigenvalue weighted by molar-refractivity contribution is -0.123. The molecule has 2 unspecified atom stereocenters. The number of hydrogen-bond donors (Lipinski definition) is 3. The number of rotatable bonds is 5. The molecule has 2 amide bonds. The van der Waals surface area contributed by atoms with Gasteiger partial charge in [0.05, 0.1) is 6.04 Å². The van der Waals surface area contributed by atoms with E-state index in [1.165, 1.54) is 0 Å². The zero-order chi connectivity index (χ0) is 13.7. The molecule has 2 atom stereocenters. The SMILES string of the molecule is NC(Cc1ccccc1)C(=O)NCC1CCC(=O)N1. The van der Waals surface area contributed by atoms with Gasteiger partial charge < -0.3 is 16.4 Å². The molecule has 5 heteroatoms. The van der Waals surface area contributed by atoms with Crippen LogP contribution in [0.5, 0.6) is 0 Å². The van der Waals surface area contributed by atoms with Crippen molar-refractivity contribution in [3.63, 3.8) is 0 Å². The van der Waals surface area contributed by atoms with Crippen LogP contribution in [0.3, 0.4) is 0 Å². The molecule has 0 aliphatic carbocycles.